The van der Waals surface area contributed by atoms with Crippen molar-refractivity contribution in [1.29, 1.82) is 0 Å². The second-order valence-electron chi connectivity index (χ2n) is 6.79. The van der Waals surface area contributed by atoms with Gasteiger partial charge in [-0.3, -0.25) is 0 Å². The minimum atomic E-state index is 0.327. The van der Waals surface area contributed by atoms with Crippen LogP contribution in [0.3, 0.4) is 0 Å². The van der Waals surface area contributed by atoms with Crippen molar-refractivity contribution in [3.8, 4) is 0 Å². The Morgan fingerprint density at radius 3 is 2.15 bits per heavy atom. The van der Waals surface area contributed by atoms with E-state index in [0.717, 1.165) is 0 Å². The van der Waals surface area contributed by atoms with E-state index in [1.165, 1.54) is 40.8 Å². The van der Waals surface area contributed by atoms with Gasteiger partial charge in [0, 0.05) is 0 Å². The maximum Gasteiger partial charge on any atom is -0.0100 e. The molecule has 0 heterocycles. The van der Waals surface area contributed by atoms with E-state index < -0.39 is 0 Å². The van der Waals surface area contributed by atoms with Crippen molar-refractivity contribution < 1.29 is 0 Å². The quantitative estimate of drug-likeness (QED) is 0.461. The lowest BCUT2D eigenvalue weighted by molar-refractivity contribution is 0.432. The molecule has 100 valence electrons. The third-order valence-corrected chi connectivity index (χ3v) is 4.90. The molecule has 0 atom stereocenters. The number of hydrogen-bond donors (Lipinski definition) is 0. The standard InChI is InChI=1S/C20H20/c1-20(2)9-5-8-16-12-17-10-14-6-3-4-7-15(14)11-18(17)13-19(16)20/h3-4,6-7,10-13H,5,8-9H2,1-2H3. The number of benzene rings is 3. The number of rotatable bonds is 0. The van der Waals surface area contributed by atoms with Gasteiger partial charge < -0.3 is 0 Å². The van der Waals surface area contributed by atoms with Crippen molar-refractivity contribution in [2.75, 3.05) is 0 Å². The van der Waals surface area contributed by atoms with E-state index in [1.54, 1.807) is 11.1 Å². The molecule has 3 aromatic carbocycles. The molecule has 1 aliphatic rings. The summed E-state index contributed by atoms with van der Waals surface area (Å²) in [6, 6.07) is 18.2. The Bertz CT molecular complexity index is 809. The molecule has 0 saturated heterocycles. The molecule has 0 saturated carbocycles. The lowest BCUT2D eigenvalue weighted by Gasteiger charge is -2.33. The molecule has 0 amide bonds. The molecule has 0 heteroatoms. The van der Waals surface area contributed by atoms with Gasteiger partial charge >= 0.3 is 0 Å². The third kappa shape index (κ3) is 1.75. The largest absolute Gasteiger partial charge is 0.0616 e. The lowest BCUT2D eigenvalue weighted by atomic mass is 9.72. The van der Waals surface area contributed by atoms with Crippen molar-refractivity contribution in [1.82, 2.24) is 0 Å². The van der Waals surface area contributed by atoms with Gasteiger partial charge in [-0.1, -0.05) is 50.2 Å². The summed E-state index contributed by atoms with van der Waals surface area (Å²) < 4.78 is 0. The second kappa shape index (κ2) is 4.09. The first-order chi connectivity index (χ1) is 9.63. The van der Waals surface area contributed by atoms with Gasteiger partial charge in [-0.2, -0.15) is 0 Å². The van der Waals surface area contributed by atoms with Crippen LogP contribution in [0.2, 0.25) is 0 Å². The average Bonchev–Trinajstić information content (AvgIpc) is 2.43. The van der Waals surface area contributed by atoms with Crippen LogP contribution in [0.15, 0.2) is 48.5 Å². The summed E-state index contributed by atoms with van der Waals surface area (Å²) >= 11 is 0. The molecule has 0 N–H and O–H groups in total. The maximum absolute atomic E-state index is 2.44. The summed E-state index contributed by atoms with van der Waals surface area (Å²) in [7, 11) is 0. The predicted molar refractivity (Wildman–Crippen MR) is 87.4 cm³/mol. The van der Waals surface area contributed by atoms with Gasteiger partial charge in [-0.05, 0) is 69.5 Å². The van der Waals surface area contributed by atoms with Crippen LogP contribution in [0.25, 0.3) is 21.5 Å². The topological polar surface area (TPSA) is 0 Å². The highest BCUT2D eigenvalue weighted by Crippen LogP contribution is 2.39. The molecule has 0 radical (unpaired) electrons. The molecular formula is C20H20. The lowest BCUT2D eigenvalue weighted by Crippen LogP contribution is -2.23. The molecule has 0 spiro atoms. The normalized spacial score (nSPS) is 17.3. The monoisotopic (exact) mass is 260 g/mol. The average molecular weight is 260 g/mol. The van der Waals surface area contributed by atoms with E-state index in [0.29, 0.717) is 5.41 Å². The van der Waals surface area contributed by atoms with E-state index in [-0.39, 0.29) is 0 Å². The van der Waals surface area contributed by atoms with Gasteiger partial charge in [0.05, 0.1) is 0 Å². The Morgan fingerprint density at radius 2 is 1.45 bits per heavy atom. The molecule has 0 aromatic heterocycles. The summed E-state index contributed by atoms with van der Waals surface area (Å²) in [6.45, 7) is 4.77. The van der Waals surface area contributed by atoms with Gasteiger partial charge in [0.25, 0.3) is 0 Å². The molecule has 0 bridgehead atoms. The fourth-order valence-corrected chi connectivity index (χ4v) is 3.73. The Labute approximate surface area is 120 Å². The molecule has 4 rings (SSSR count). The zero-order chi connectivity index (χ0) is 13.7. The third-order valence-electron chi connectivity index (χ3n) is 4.90. The van der Waals surface area contributed by atoms with Crippen LogP contribution in [0.1, 0.15) is 37.8 Å². The summed E-state index contributed by atoms with van der Waals surface area (Å²) in [5, 5.41) is 5.46. The zero-order valence-corrected chi connectivity index (χ0v) is 12.2. The minimum absolute atomic E-state index is 0.327. The van der Waals surface area contributed by atoms with Crippen LogP contribution in [-0.4, -0.2) is 0 Å². The van der Waals surface area contributed by atoms with Gasteiger partial charge in [-0.15, -0.1) is 0 Å². The summed E-state index contributed by atoms with van der Waals surface area (Å²) in [4.78, 5) is 0. The van der Waals surface area contributed by atoms with Crippen molar-refractivity contribution in [3.05, 3.63) is 59.7 Å². The van der Waals surface area contributed by atoms with E-state index in [1.807, 2.05) is 0 Å². The summed E-state index contributed by atoms with van der Waals surface area (Å²) in [5.74, 6) is 0. The zero-order valence-electron chi connectivity index (χ0n) is 12.2. The van der Waals surface area contributed by atoms with Crippen LogP contribution in [0, 0.1) is 0 Å². The first kappa shape index (κ1) is 12.0. The van der Waals surface area contributed by atoms with E-state index in [4.69, 9.17) is 0 Å². The SMILES string of the molecule is CC1(C)CCCc2cc3cc4ccccc4cc3cc21. The molecule has 20 heavy (non-hydrogen) atoms. The van der Waals surface area contributed by atoms with Gasteiger partial charge in [-0.25, -0.2) is 0 Å². The molecule has 0 unspecified atom stereocenters. The summed E-state index contributed by atoms with van der Waals surface area (Å²) in [6.07, 6.45) is 3.86. The van der Waals surface area contributed by atoms with E-state index >= 15 is 0 Å². The first-order valence-electron chi connectivity index (χ1n) is 7.59. The Balaban J connectivity index is 2.05. The molecule has 0 fully saturated rings. The highest BCUT2D eigenvalue weighted by atomic mass is 14.3. The smallest absolute Gasteiger partial charge is 0.0100 e. The molecule has 0 nitrogen and oxygen atoms in total. The Morgan fingerprint density at radius 1 is 0.800 bits per heavy atom. The van der Waals surface area contributed by atoms with Crippen LogP contribution >= 0.6 is 0 Å². The Hall–Kier alpha value is -1.82. The second-order valence-corrected chi connectivity index (χ2v) is 6.79. The van der Waals surface area contributed by atoms with Gasteiger partial charge in [0.15, 0.2) is 0 Å². The van der Waals surface area contributed by atoms with Crippen molar-refractivity contribution in [2.45, 2.75) is 38.5 Å². The van der Waals surface area contributed by atoms with Crippen LogP contribution < -0.4 is 0 Å². The van der Waals surface area contributed by atoms with Crippen LogP contribution in [0.4, 0.5) is 0 Å². The Kier molecular flexibility index (Phi) is 2.44. The minimum Gasteiger partial charge on any atom is -0.0616 e. The highest BCUT2D eigenvalue weighted by Gasteiger charge is 2.27. The molecular weight excluding hydrogens is 240 g/mol. The number of hydrogen-bond acceptors (Lipinski definition) is 0. The first-order valence-corrected chi connectivity index (χ1v) is 7.59. The fraction of sp³-hybridized carbons (Fsp3) is 0.300. The summed E-state index contributed by atoms with van der Waals surface area (Å²) in [5.41, 5.74) is 3.45. The van der Waals surface area contributed by atoms with E-state index in [9.17, 15) is 0 Å². The molecule has 1 aliphatic carbocycles. The van der Waals surface area contributed by atoms with E-state index in [2.05, 4.69) is 62.4 Å². The maximum atomic E-state index is 2.44. The van der Waals surface area contributed by atoms with Crippen LogP contribution in [0.5, 0.6) is 0 Å². The highest BCUT2D eigenvalue weighted by molar-refractivity contribution is 5.98. The van der Waals surface area contributed by atoms with Gasteiger partial charge in [0.1, 0.15) is 0 Å². The van der Waals surface area contributed by atoms with Crippen LogP contribution in [-0.2, 0) is 11.8 Å². The van der Waals surface area contributed by atoms with Crippen molar-refractivity contribution in [3.63, 3.8) is 0 Å². The van der Waals surface area contributed by atoms with Gasteiger partial charge in [0.2, 0.25) is 0 Å². The van der Waals surface area contributed by atoms with Crippen molar-refractivity contribution in [2.24, 2.45) is 0 Å². The molecule has 0 aliphatic heterocycles. The van der Waals surface area contributed by atoms with Crippen molar-refractivity contribution >= 4 is 21.5 Å². The number of fused-ring (bicyclic) bond motifs is 3. The predicted octanol–water partition coefficient (Wildman–Crippen LogP) is 5.61. The number of aryl methyl sites for hydroxylation is 1. The fourth-order valence-electron chi connectivity index (χ4n) is 3.73. The molecule has 3 aromatic rings.